The lowest BCUT2D eigenvalue weighted by molar-refractivity contribution is -0.276. The molecule has 0 bridgehead atoms. The zero-order chi connectivity index (χ0) is 13.9. The summed E-state index contributed by atoms with van der Waals surface area (Å²) < 4.78 is 39.9. The molecular formula is C9H7ClF3NO4. The summed E-state index contributed by atoms with van der Waals surface area (Å²) in [5, 5.41) is 8.52. The van der Waals surface area contributed by atoms with Crippen molar-refractivity contribution in [1.82, 2.24) is 4.98 Å². The summed E-state index contributed by atoms with van der Waals surface area (Å²) in [7, 11) is 0. The van der Waals surface area contributed by atoms with E-state index in [1.54, 1.807) is 0 Å². The normalized spacial score (nSPS) is 11.3. The second-order valence-corrected chi connectivity index (χ2v) is 3.49. The number of carboxylic acid groups (broad SMARTS) is 1. The first-order chi connectivity index (χ1) is 8.23. The van der Waals surface area contributed by atoms with Gasteiger partial charge in [0.25, 0.3) is 0 Å². The number of halogens is 4. The van der Waals surface area contributed by atoms with Gasteiger partial charge in [-0.3, -0.25) is 9.59 Å². The van der Waals surface area contributed by atoms with Crippen LogP contribution in [0, 0.1) is 0 Å². The van der Waals surface area contributed by atoms with Crippen molar-refractivity contribution in [1.29, 1.82) is 0 Å². The summed E-state index contributed by atoms with van der Waals surface area (Å²) in [6.45, 7) is 0. The number of hydrogen-bond donors (Lipinski definition) is 2. The van der Waals surface area contributed by atoms with E-state index in [1.807, 2.05) is 0 Å². The largest absolute Gasteiger partial charge is 0.574 e. The molecule has 1 aromatic rings. The number of rotatable bonds is 4. The number of hydrogen-bond acceptors (Lipinski definition) is 3. The van der Waals surface area contributed by atoms with Gasteiger partial charge in [0.15, 0.2) is 5.43 Å². The van der Waals surface area contributed by atoms with Crippen LogP contribution in [-0.4, -0.2) is 22.4 Å². The van der Waals surface area contributed by atoms with Gasteiger partial charge in [0.05, 0.1) is 17.9 Å². The number of carboxylic acids is 1. The van der Waals surface area contributed by atoms with Crippen molar-refractivity contribution in [2.45, 2.75) is 18.7 Å². The van der Waals surface area contributed by atoms with Crippen LogP contribution >= 0.6 is 11.6 Å². The Morgan fingerprint density at radius 2 is 2.11 bits per heavy atom. The summed E-state index contributed by atoms with van der Waals surface area (Å²) in [4.78, 5) is 24.1. The molecular weight excluding hydrogens is 279 g/mol. The number of H-pyrrole nitrogens is 1. The van der Waals surface area contributed by atoms with E-state index in [9.17, 15) is 22.8 Å². The Balaban J connectivity index is 3.29. The standard InChI is InChI=1S/C9H7ClF3NO4/c10-3-4-1-6(15)5(2-7(16)17)8(14-4)18-9(11,12)13/h1H,2-3H2,(H,14,15)(H,16,17). The average Bonchev–Trinajstić information content (AvgIpc) is 2.20. The summed E-state index contributed by atoms with van der Waals surface area (Å²) in [5.41, 5.74) is -1.50. The molecule has 0 aliphatic heterocycles. The second-order valence-electron chi connectivity index (χ2n) is 3.22. The monoisotopic (exact) mass is 285 g/mol. The average molecular weight is 286 g/mol. The topological polar surface area (TPSA) is 79.4 Å². The predicted octanol–water partition coefficient (Wildman–Crippen LogP) is 1.64. The first-order valence-corrected chi connectivity index (χ1v) is 5.05. The van der Waals surface area contributed by atoms with Crippen LogP contribution < -0.4 is 10.2 Å². The highest BCUT2D eigenvalue weighted by molar-refractivity contribution is 6.16. The molecule has 1 rings (SSSR count). The maximum Gasteiger partial charge on any atom is 0.574 e. The van der Waals surface area contributed by atoms with Crippen LogP contribution in [0.15, 0.2) is 10.9 Å². The van der Waals surface area contributed by atoms with Gasteiger partial charge in [-0.2, -0.15) is 0 Å². The van der Waals surface area contributed by atoms with E-state index in [4.69, 9.17) is 16.7 Å². The molecule has 0 saturated heterocycles. The summed E-state index contributed by atoms with van der Waals surface area (Å²) in [6, 6.07) is 0.925. The van der Waals surface area contributed by atoms with Gasteiger partial charge in [0.1, 0.15) is 0 Å². The van der Waals surface area contributed by atoms with E-state index in [-0.39, 0.29) is 11.6 Å². The molecule has 100 valence electrons. The molecule has 1 aromatic heterocycles. The second kappa shape index (κ2) is 5.30. The molecule has 0 amide bonds. The minimum atomic E-state index is -5.04. The molecule has 0 unspecified atom stereocenters. The van der Waals surface area contributed by atoms with Crippen LogP contribution in [0.4, 0.5) is 13.2 Å². The number of nitrogens with one attached hydrogen (secondary N) is 1. The highest BCUT2D eigenvalue weighted by Crippen LogP contribution is 2.23. The third-order valence-electron chi connectivity index (χ3n) is 1.84. The van der Waals surface area contributed by atoms with Gasteiger partial charge >= 0.3 is 12.3 Å². The molecule has 5 nitrogen and oxygen atoms in total. The SMILES string of the molecule is O=C(O)Cc1c(OC(F)(F)F)[nH]c(CCl)cc1=O. The molecule has 0 aromatic carbocycles. The van der Waals surface area contributed by atoms with Crippen molar-refractivity contribution < 1.29 is 27.8 Å². The Morgan fingerprint density at radius 1 is 1.50 bits per heavy atom. The van der Waals surface area contributed by atoms with Crippen LogP contribution in [0.25, 0.3) is 0 Å². The Bertz CT molecular complexity index is 512. The van der Waals surface area contributed by atoms with E-state index >= 15 is 0 Å². The van der Waals surface area contributed by atoms with Crippen LogP contribution in [0.5, 0.6) is 5.88 Å². The van der Waals surface area contributed by atoms with Crippen molar-refractivity contribution >= 4 is 17.6 Å². The molecule has 0 fully saturated rings. The van der Waals surface area contributed by atoms with Crippen molar-refractivity contribution in [3.8, 4) is 5.88 Å². The number of aromatic nitrogens is 1. The molecule has 0 atom stereocenters. The van der Waals surface area contributed by atoms with E-state index in [1.165, 1.54) is 0 Å². The minimum Gasteiger partial charge on any atom is -0.481 e. The van der Waals surface area contributed by atoms with Crippen molar-refractivity contribution in [3.63, 3.8) is 0 Å². The molecule has 18 heavy (non-hydrogen) atoms. The van der Waals surface area contributed by atoms with E-state index < -0.39 is 35.6 Å². The molecule has 0 aliphatic rings. The summed E-state index contributed by atoms with van der Waals surface area (Å²) >= 11 is 5.38. The number of alkyl halides is 4. The fraction of sp³-hybridized carbons (Fsp3) is 0.333. The summed E-state index contributed by atoms with van der Waals surface area (Å²) in [5.74, 6) is -2.64. The number of pyridine rings is 1. The lowest BCUT2D eigenvalue weighted by Gasteiger charge is -2.12. The fourth-order valence-corrected chi connectivity index (χ4v) is 1.35. The van der Waals surface area contributed by atoms with Gasteiger partial charge < -0.3 is 14.8 Å². The van der Waals surface area contributed by atoms with Gasteiger partial charge in [-0.05, 0) is 0 Å². The van der Waals surface area contributed by atoms with Crippen LogP contribution in [0.2, 0.25) is 0 Å². The van der Waals surface area contributed by atoms with Crippen molar-refractivity contribution in [2.75, 3.05) is 0 Å². The van der Waals surface area contributed by atoms with Crippen LogP contribution in [-0.2, 0) is 17.1 Å². The quantitative estimate of drug-likeness (QED) is 0.824. The Kier molecular flexibility index (Phi) is 4.23. The molecule has 0 radical (unpaired) electrons. The lowest BCUT2D eigenvalue weighted by atomic mass is 10.2. The van der Waals surface area contributed by atoms with E-state index in [2.05, 4.69) is 9.72 Å². The number of aromatic amines is 1. The zero-order valence-electron chi connectivity index (χ0n) is 8.68. The Labute approximate surface area is 103 Å². The first-order valence-electron chi connectivity index (χ1n) is 4.51. The molecule has 0 spiro atoms. The molecule has 1 heterocycles. The predicted molar refractivity (Wildman–Crippen MR) is 54.6 cm³/mol. The maximum atomic E-state index is 12.1. The third-order valence-corrected chi connectivity index (χ3v) is 2.13. The third kappa shape index (κ3) is 3.95. The summed E-state index contributed by atoms with van der Waals surface area (Å²) in [6.07, 6.45) is -5.93. The Hall–Kier alpha value is -1.70. The smallest absolute Gasteiger partial charge is 0.481 e. The number of ether oxygens (including phenoxy) is 1. The van der Waals surface area contributed by atoms with Crippen LogP contribution in [0.3, 0.4) is 0 Å². The van der Waals surface area contributed by atoms with Gasteiger partial charge in [-0.25, -0.2) is 0 Å². The minimum absolute atomic E-state index is 0.00458. The van der Waals surface area contributed by atoms with E-state index in [0.29, 0.717) is 0 Å². The van der Waals surface area contributed by atoms with E-state index in [0.717, 1.165) is 6.07 Å². The zero-order valence-corrected chi connectivity index (χ0v) is 9.43. The van der Waals surface area contributed by atoms with Gasteiger partial charge in [-0.15, -0.1) is 24.8 Å². The number of carbonyl (C=O) groups is 1. The van der Waals surface area contributed by atoms with Gasteiger partial charge in [-0.1, -0.05) is 0 Å². The maximum absolute atomic E-state index is 12.1. The molecule has 9 heteroatoms. The van der Waals surface area contributed by atoms with Crippen LogP contribution in [0.1, 0.15) is 11.3 Å². The molecule has 2 N–H and O–H groups in total. The molecule has 0 saturated carbocycles. The lowest BCUT2D eigenvalue weighted by Crippen LogP contribution is -2.24. The molecule has 0 aliphatic carbocycles. The highest BCUT2D eigenvalue weighted by atomic mass is 35.5. The number of aliphatic carboxylic acids is 1. The van der Waals surface area contributed by atoms with Crippen molar-refractivity contribution in [2.24, 2.45) is 0 Å². The highest BCUT2D eigenvalue weighted by Gasteiger charge is 2.33. The van der Waals surface area contributed by atoms with Crippen molar-refractivity contribution in [3.05, 3.63) is 27.5 Å². The van der Waals surface area contributed by atoms with Gasteiger partial charge in [0, 0.05) is 11.8 Å². The fourth-order valence-electron chi connectivity index (χ4n) is 1.21. The Morgan fingerprint density at radius 3 is 2.56 bits per heavy atom. The van der Waals surface area contributed by atoms with Gasteiger partial charge in [0.2, 0.25) is 5.88 Å². The first kappa shape index (κ1) is 14.4.